The maximum absolute atomic E-state index is 12.8. The van der Waals surface area contributed by atoms with Gasteiger partial charge in [-0.1, -0.05) is 57.2 Å². The first-order chi connectivity index (χ1) is 13.7. The predicted molar refractivity (Wildman–Crippen MR) is 116 cm³/mol. The molecule has 0 aliphatic heterocycles. The highest BCUT2D eigenvalue weighted by Gasteiger charge is 2.19. The summed E-state index contributed by atoms with van der Waals surface area (Å²) in [5, 5.41) is 0. The highest BCUT2D eigenvalue weighted by atomic mass is 32.2. The standard InChI is InChI=1S/C23H26N2O3S/c1-17-8-5-6-9-18(17)16-28-21-10-7-15-24-22(21)25-29(26,27)20-13-11-19(12-14-20)23(2,3)4/h5-15H,16H2,1-4H3,(H,24,25). The number of hydrogen-bond donors (Lipinski definition) is 1. The van der Waals surface area contributed by atoms with Crippen molar-refractivity contribution in [3.63, 3.8) is 0 Å². The van der Waals surface area contributed by atoms with Crippen LogP contribution in [0, 0.1) is 6.92 Å². The Bertz CT molecular complexity index is 1090. The Morgan fingerprint density at radius 3 is 2.31 bits per heavy atom. The summed E-state index contributed by atoms with van der Waals surface area (Å²) in [6.07, 6.45) is 1.53. The molecule has 0 aliphatic carbocycles. The highest BCUT2D eigenvalue weighted by Crippen LogP contribution is 2.27. The molecule has 5 nitrogen and oxygen atoms in total. The van der Waals surface area contributed by atoms with Gasteiger partial charge in [0.2, 0.25) is 0 Å². The topological polar surface area (TPSA) is 68.3 Å². The van der Waals surface area contributed by atoms with Crippen LogP contribution in [0.3, 0.4) is 0 Å². The summed E-state index contributed by atoms with van der Waals surface area (Å²) in [6, 6.07) is 18.2. The SMILES string of the molecule is Cc1ccccc1COc1cccnc1NS(=O)(=O)c1ccc(C(C)(C)C)cc1. The van der Waals surface area contributed by atoms with Gasteiger partial charge in [-0.3, -0.25) is 4.72 Å². The molecule has 29 heavy (non-hydrogen) atoms. The van der Waals surface area contributed by atoms with Crippen LogP contribution in [0.25, 0.3) is 0 Å². The molecule has 0 radical (unpaired) electrons. The van der Waals surface area contributed by atoms with Crippen LogP contribution in [0.15, 0.2) is 71.8 Å². The molecule has 0 bridgehead atoms. The molecule has 3 aromatic rings. The molecule has 0 saturated carbocycles. The molecule has 152 valence electrons. The van der Waals surface area contributed by atoms with Crippen molar-refractivity contribution in [1.29, 1.82) is 0 Å². The van der Waals surface area contributed by atoms with Crippen molar-refractivity contribution in [2.75, 3.05) is 4.72 Å². The monoisotopic (exact) mass is 410 g/mol. The Balaban J connectivity index is 1.80. The smallest absolute Gasteiger partial charge is 0.263 e. The molecule has 0 fully saturated rings. The van der Waals surface area contributed by atoms with E-state index < -0.39 is 10.0 Å². The quantitative estimate of drug-likeness (QED) is 0.616. The van der Waals surface area contributed by atoms with E-state index >= 15 is 0 Å². The minimum absolute atomic E-state index is 0.0483. The first-order valence-electron chi connectivity index (χ1n) is 9.42. The minimum atomic E-state index is -3.78. The van der Waals surface area contributed by atoms with Crippen LogP contribution in [0.1, 0.15) is 37.5 Å². The van der Waals surface area contributed by atoms with E-state index in [1.165, 1.54) is 6.20 Å². The Kier molecular flexibility index (Phi) is 5.94. The van der Waals surface area contributed by atoms with E-state index in [-0.39, 0.29) is 16.1 Å². The van der Waals surface area contributed by atoms with Crippen LogP contribution in [0.5, 0.6) is 5.75 Å². The maximum atomic E-state index is 12.8. The summed E-state index contributed by atoms with van der Waals surface area (Å²) in [6.45, 7) is 8.59. The van der Waals surface area contributed by atoms with E-state index in [0.29, 0.717) is 12.4 Å². The Morgan fingerprint density at radius 2 is 1.66 bits per heavy atom. The Morgan fingerprint density at radius 1 is 0.966 bits per heavy atom. The van der Waals surface area contributed by atoms with E-state index in [1.54, 1.807) is 24.3 Å². The van der Waals surface area contributed by atoms with Crippen LogP contribution in [-0.4, -0.2) is 13.4 Å². The Labute approximate surface area is 172 Å². The third-order valence-electron chi connectivity index (χ3n) is 4.68. The molecule has 1 heterocycles. The molecule has 0 unspecified atom stereocenters. The van der Waals surface area contributed by atoms with Gasteiger partial charge in [0, 0.05) is 6.20 Å². The fraction of sp³-hybridized carbons (Fsp3) is 0.261. The molecule has 2 aromatic carbocycles. The zero-order chi connectivity index (χ0) is 21.1. The number of anilines is 1. The lowest BCUT2D eigenvalue weighted by molar-refractivity contribution is 0.306. The lowest BCUT2D eigenvalue weighted by Gasteiger charge is -2.19. The molecule has 1 N–H and O–H groups in total. The molecule has 6 heteroatoms. The first-order valence-corrected chi connectivity index (χ1v) is 10.9. The molecule has 0 saturated heterocycles. The van der Waals surface area contributed by atoms with Crippen molar-refractivity contribution in [3.8, 4) is 5.75 Å². The van der Waals surface area contributed by atoms with Crippen molar-refractivity contribution in [2.24, 2.45) is 0 Å². The van der Waals surface area contributed by atoms with E-state index in [4.69, 9.17) is 4.74 Å². The molecule has 0 spiro atoms. The summed E-state index contributed by atoms with van der Waals surface area (Å²) in [7, 11) is -3.78. The van der Waals surface area contributed by atoms with Gasteiger partial charge in [-0.15, -0.1) is 0 Å². The molecule has 0 amide bonds. The summed E-state index contributed by atoms with van der Waals surface area (Å²) in [5.41, 5.74) is 3.16. The number of hydrogen-bond acceptors (Lipinski definition) is 4. The van der Waals surface area contributed by atoms with Crippen molar-refractivity contribution >= 4 is 15.8 Å². The average Bonchev–Trinajstić information content (AvgIpc) is 2.67. The number of sulfonamides is 1. The van der Waals surface area contributed by atoms with Gasteiger partial charge in [0.1, 0.15) is 6.61 Å². The molecular weight excluding hydrogens is 384 g/mol. The van der Waals surface area contributed by atoms with Gasteiger partial charge in [-0.25, -0.2) is 13.4 Å². The molecule has 0 atom stereocenters. The molecular formula is C23H26N2O3S. The summed E-state index contributed by atoms with van der Waals surface area (Å²) < 4.78 is 34.1. The molecule has 3 rings (SSSR count). The number of pyridine rings is 1. The van der Waals surface area contributed by atoms with E-state index in [2.05, 4.69) is 30.5 Å². The lowest BCUT2D eigenvalue weighted by atomic mass is 9.87. The Hall–Kier alpha value is -2.86. The van der Waals surface area contributed by atoms with Gasteiger partial charge in [0.15, 0.2) is 11.6 Å². The molecule has 1 aromatic heterocycles. The van der Waals surface area contributed by atoms with Gasteiger partial charge in [-0.05, 0) is 53.3 Å². The zero-order valence-electron chi connectivity index (χ0n) is 17.1. The fourth-order valence-corrected chi connectivity index (χ4v) is 3.85. The number of ether oxygens (including phenoxy) is 1. The van der Waals surface area contributed by atoms with E-state index in [1.807, 2.05) is 43.3 Å². The second-order valence-electron chi connectivity index (χ2n) is 7.95. The number of nitrogens with one attached hydrogen (secondary N) is 1. The van der Waals surface area contributed by atoms with Gasteiger partial charge in [0.05, 0.1) is 4.90 Å². The normalized spacial score (nSPS) is 11.9. The highest BCUT2D eigenvalue weighted by molar-refractivity contribution is 7.92. The van der Waals surface area contributed by atoms with E-state index in [0.717, 1.165) is 16.7 Å². The fourth-order valence-electron chi connectivity index (χ4n) is 2.83. The van der Waals surface area contributed by atoms with Crippen LogP contribution < -0.4 is 9.46 Å². The number of nitrogens with zero attached hydrogens (tertiary/aromatic N) is 1. The minimum Gasteiger partial charge on any atom is -0.485 e. The summed E-state index contributed by atoms with van der Waals surface area (Å²) in [4.78, 5) is 4.35. The zero-order valence-corrected chi connectivity index (χ0v) is 18.0. The van der Waals surface area contributed by atoms with Crippen LogP contribution in [0.4, 0.5) is 5.82 Å². The van der Waals surface area contributed by atoms with Gasteiger partial charge >= 0.3 is 0 Å². The number of aryl methyl sites for hydroxylation is 1. The molecule has 0 aliphatic rings. The number of benzene rings is 2. The summed E-state index contributed by atoms with van der Waals surface area (Å²) in [5.74, 6) is 0.548. The third-order valence-corrected chi connectivity index (χ3v) is 6.03. The van der Waals surface area contributed by atoms with Crippen LogP contribution >= 0.6 is 0 Å². The van der Waals surface area contributed by atoms with Crippen molar-refractivity contribution < 1.29 is 13.2 Å². The largest absolute Gasteiger partial charge is 0.485 e. The van der Waals surface area contributed by atoms with Gasteiger partial charge < -0.3 is 4.74 Å². The van der Waals surface area contributed by atoms with Gasteiger partial charge in [-0.2, -0.15) is 0 Å². The van der Waals surface area contributed by atoms with Crippen molar-refractivity contribution in [1.82, 2.24) is 4.98 Å². The first kappa shape index (κ1) is 20.9. The second-order valence-corrected chi connectivity index (χ2v) is 9.63. The van der Waals surface area contributed by atoms with Crippen LogP contribution in [-0.2, 0) is 22.0 Å². The lowest BCUT2D eigenvalue weighted by Crippen LogP contribution is -2.16. The van der Waals surface area contributed by atoms with E-state index in [9.17, 15) is 8.42 Å². The predicted octanol–water partition coefficient (Wildman–Crippen LogP) is 5.07. The van der Waals surface area contributed by atoms with Crippen molar-refractivity contribution in [2.45, 2.75) is 44.6 Å². The number of rotatable bonds is 6. The second kappa shape index (κ2) is 8.25. The average molecular weight is 411 g/mol. The third kappa shape index (κ3) is 5.15. The summed E-state index contributed by atoms with van der Waals surface area (Å²) >= 11 is 0. The van der Waals surface area contributed by atoms with Crippen LogP contribution in [0.2, 0.25) is 0 Å². The van der Waals surface area contributed by atoms with Crippen molar-refractivity contribution in [3.05, 3.63) is 83.6 Å². The maximum Gasteiger partial charge on any atom is 0.263 e. The number of aromatic nitrogens is 1. The van der Waals surface area contributed by atoms with Gasteiger partial charge in [0.25, 0.3) is 10.0 Å².